The number of ether oxygens (including phenoxy) is 2. The Bertz CT molecular complexity index is 2400. The highest BCUT2D eigenvalue weighted by Gasteiger charge is 2.88. The van der Waals surface area contributed by atoms with E-state index in [0.29, 0.717) is 39.0 Å². The second-order valence-electron chi connectivity index (χ2n) is 12.8. The Labute approximate surface area is 267 Å². The number of carbonyl (C=O) groups is 5. The fourth-order valence-electron chi connectivity index (χ4n) is 9.73. The van der Waals surface area contributed by atoms with Crippen LogP contribution >= 0.6 is 0 Å². The number of benzene rings is 4. The summed E-state index contributed by atoms with van der Waals surface area (Å²) < 4.78 is 13.1. The Morgan fingerprint density at radius 1 is 0.596 bits per heavy atom. The smallest absolute Gasteiger partial charge is 0.308 e. The van der Waals surface area contributed by atoms with Gasteiger partial charge < -0.3 is 9.47 Å². The first-order valence-corrected chi connectivity index (χ1v) is 15.4. The van der Waals surface area contributed by atoms with Crippen LogP contribution < -0.4 is 0 Å². The van der Waals surface area contributed by atoms with Gasteiger partial charge in [0.25, 0.3) is 0 Å². The molecule has 3 spiro atoms. The van der Waals surface area contributed by atoms with E-state index < -0.39 is 45.5 Å². The van der Waals surface area contributed by atoms with Crippen molar-refractivity contribution in [2.24, 2.45) is 5.41 Å². The Balaban J connectivity index is 1.56. The molecule has 2 atom stereocenters. The topological polar surface area (TPSA) is 104 Å². The summed E-state index contributed by atoms with van der Waals surface area (Å²) in [7, 11) is 0. The van der Waals surface area contributed by atoms with Crippen LogP contribution in [0.5, 0.6) is 0 Å². The summed E-state index contributed by atoms with van der Waals surface area (Å²) in [5, 5.41) is 0. The fraction of sp³-hybridized carbons (Fsp3) is 0.125. The van der Waals surface area contributed by atoms with Crippen molar-refractivity contribution >= 4 is 40.4 Å². The van der Waals surface area contributed by atoms with Crippen LogP contribution in [0.3, 0.4) is 0 Å². The van der Waals surface area contributed by atoms with Crippen LogP contribution in [0.15, 0.2) is 120 Å². The van der Waals surface area contributed by atoms with Crippen molar-refractivity contribution in [2.75, 3.05) is 0 Å². The molecule has 1 aliphatic heterocycles. The largest absolute Gasteiger partial charge is 0.480 e. The molecule has 4 aromatic rings. The lowest BCUT2D eigenvalue weighted by Crippen LogP contribution is -2.70. The second-order valence-corrected chi connectivity index (χ2v) is 12.8. The number of esters is 1. The first kappa shape index (κ1) is 26.3. The molecule has 0 N–H and O–H groups in total. The molecule has 2 bridgehead atoms. The molecule has 0 unspecified atom stereocenters. The van der Waals surface area contributed by atoms with Crippen LogP contribution in [0.4, 0.5) is 0 Å². The quantitative estimate of drug-likeness (QED) is 0.182. The van der Waals surface area contributed by atoms with Crippen LogP contribution in [0, 0.1) is 5.41 Å². The number of hydrogen-bond acceptors (Lipinski definition) is 7. The molecule has 6 aliphatic rings. The van der Waals surface area contributed by atoms with Crippen molar-refractivity contribution in [3.8, 4) is 0 Å². The molecular formula is C40H22O7. The zero-order valence-corrected chi connectivity index (χ0v) is 25.1. The Morgan fingerprint density at radius 3 is 1.70 bits per heavy atom. The summed E-state index contributed by atoms with van der Waals surface area (Å²) in [5.74, 6) is -2.23. The fourth-order valence-corrected chi connectivity index (χ4v) is 9.73. The van der Waals surface area contributed by atoms with Crippen molar-refractivity contribution in [1.82, 2.24) is 0 Å². The molecule has 0 amide bonds. The number of fused-ring (bicyclic) bond motifs is 6. The van der Waals surface area contributed by atoms with Crippen LogP contribution in [-0.2, 0) is 25.3 Å². The highest BCUT2D eigenvalue weighted by molar-refractivity contribution is 6.39. The molecule has 0 radical (unpaired) electrons. The van der Waals surface area contributed by atoms with Crippen LogP contribution in [-0.4, -0.2) is 29.1 Å². The molecular weight excluding hydrogens is 592 g/mol. The summed E-state index contributed by atoms with van der Waals surface area (Å²) in [4.78, 5) is 74.1. The maximum absolute atomic E-state index is 15.7. The Morgan fingerprint density at radius 2 is 1.09 bits per heavy atom. The number of hydrogen-bond donors (Lipinski definition) is 0. The van der Waals surface area contributed by atoms with Gasteiger partial charge in [0.15, 0.2) is 34.1 Å². The minimum absolute atomic E-state index is 0.112. The van der Waals surface area contributed by atoms with E-state index in [1.165, 1.54) is 6.92 Å². The van der Waals surface area contributed by atoms with Crippen molar-refractivity contribution in [3.63, 3.8) is 0 Å². The lowest BCUT2D eigenvalue weighted by atomic mass is 9.40. The molecule has 0 saturated carbocycles. The lowest BCUT2D eigenvalue weighted by Gasteiger charge is -2.61. The molecule has 4 aromatic carbocycles. The standard InChI is InChI=1S/C40H22O7/c1-19-30-33(42)25-15-7-9-17-27(25)38(30)32-29(21-11-3-4-12-22(21)35(32)46-20(2)41)31-34(43)26-16-8-10-18-28(26)40(31,47-19)39(38)36(44)23-13-5-6-14-24(23)37(39)45/h3-18H,1-2H3/t38-,40+/m1/s1. The minimum atomic E-state index is -2.23. The van der Waals surface area contributed by atoms with Crippen LogP contribution in [0.25, 0.3) is 11.3 Å². The van der Waals surface area contributed by atoms with Crippen molar-refractivity contribution < 1.29 is 33.4 Å². The van der Waals surface area contributed by atoms with E-state index in [2.05, 4.69) is 0 Å². The van der Waals surface area contributed by atoms with Gasteiger partial charge in [-0.1, -0.05) is 97.1 Å². The normalized spacial score (nSPS) is 24.9. The van der Waals surface area contributed by atoms with Crippen LogP contribution in [0.2, 0.25) is 0 Å². The average molecular weight is 615 g/mol. The van der Waals surface area contributed by atoms with E-state index in [1.807, 2.05) is 12.1 Å². The third-order valence-electron chi connectivity index (χ3n) is 10.9. The third-order valence-corrected chi connectivity index (χ3v) is 10.9. The number of carbonyl (C=O) groups excluding carboxylic acids is 5. The number of rotatable bonds is 1. The summed E-state index contributed by atoms with van der Waals surface area (Å²) in [5.41, 5.74) is -2.20. The van der Waals surface area contributed by atoms with E-state index in [9.17, 15) is 14.4 Å². The van der Waals surface area contributed by atoms with E-state index in [4.69, 9.17) is 9.47 Å². The van der Waals surface area contributed by atoms with Crippen molar-refractivity contribution in [3.05, 3.63) is 164 Å². The van der Waals surface area contributed by atoms with Crippen LogP contribution in [0.1, 0.15) is 77.5 Å². The lowest BCUT2D eigenvalue weighted by molar-refractivity contribution is -0.134. The van der Waals surface area contributed by atoms with Gasteiger partial charge in [0.05, 0.1) is 16.6 Å². The second kappa shape index (κ2) is 8.06. The summed E-state index contributed by atoms with van der Waals surface area (Å²) >= 11 is 0. The average Bonchev–Trinajstić information content (AvgIpc) is 3.69. The first-order valence-electron chi connectivity index (χ1n) is 15.4. The zero-order valence-electron chi connectivity index (χ0n) is 25.1. The molecule has 1 heterocycles. The third kappa shape index (κ3) is 2.41. The maximum atomic E-state index is 15.7. The van der Waals surface area contributed by atoms with E-state index in [1.54, 1.807) is 91.9 Å². The van der Waals surface area contributed by atoms with E-state index >= 15 is 9.59 Å². The highest BCUT2D eigenvalue weighted by atomic mass is 16.5. The predicted octanol–water partition coefficient (Wildman–Crippen LogP) is 6.34. The summed E-state index contributed by atoms with van der Waals surface area (Å²) in [6, 6.07) is 27.7. The van der Waals surface area contributed by atoms with E-state index in [0.717, 1.165) is 0 Å². The molecule has 0 aromatic heterocycles. The van der Waals surface area contributed by atoms with Gasteiger partial charge in [0, 0.05) is 51.5 Å². The number of allylic oxidation sites excluding steroid dienone is 4. The molecule has 0 fully saturated rings. The Hall–Kier alpha value is -5.95. The monoisotopic (exact) mass is 614 g/mol. The van der Waals surface area contributed by atoms with Gasteiger partial charge in [-0.15, -0.1) is 0 Å². The number of ketones is 4. The minimum Gasteiger partial charge on any atom is -0.480 e. The molecule has 0 saturated heterocycles. The summed E-state index contributed by atoms with van der Waals surface area (Å²) in [6.45, 7) is 2.93. The summed E-state index contributed by atoms with van der Waals surface area (Å²) in [6.07, 6.45) is 0. The molecule has 224 valence electrons. The van der Waals surface area contributed by atoms with Gasteiger partial charge in [0.2, 0.25) is 0 Å². The van der Waals surface area contributed by atoms with Gasteiger partial charge >= 0.3 is 5.97 Å². The molecule has 10 rings (SSSR count). The zero-order chi connectivity index (χ0) is 32.2. The molecule has 7 nitrogen and oxygen atoms in total. The van der Waals surface area contributed by atoms with E-state index in [-0.39, 0.29) is 39.4 Å². The van der Waals surface area contributed by atoms with Gasteiger partial charge in [-0.05, 0) is 18.1 Å². The highest BCUT2D eigenvalue weighted by Crippen LogP contribution is 2.80. The molecule has 47 heavy (non-hydrogen) atoms. The number of Topliss-reactive ketones (excluding diaryl/α,β-unsaturated/α-hetero) is 4. The van der Waals surface area contributed by atoms with Gasteiger partial charge in [-0.3, -0.25) is 24.0 Å². The van der Waals surface area contributed by atoms with Gasteiger partial charge in [-0.25, -0.2) is 0 Å². The SMILES string of the molecule is CC(=O)OC1=C2C(=C3C(=O)c4ccccc4[C@]34OC(C)=C3C(=O)c5ccccc5[C@@]32C42C(=O)c3ccccc3C2=O)c2ccccc21. The van der Waals surface area contributed by atoms with Gasteiger partial charge in [0.1, 0.15) is 11.5 Å². The maximum Gasteiger partial charge on any atom is 0.308 e. The van der Waals surface area contributed by atoms with Gasteiger partial charge in [-0.2, -0.15) is 0 Å². The first-order chi connectivity index (χ1) is 22.7. The molecule has 7 heteroatoms. The Kier molecular flexibility index (Phi) is 4.51. The predicted molar refractivity (Wildman–Crippen MR) is 168 cm³/mol. The van der Waals surface area contributed by atoms with Crippen molar-refractivity contribution in [2.45, 2.75) is 24.9 Å². The molecule has 5 aliphatic carbocycles. The van der Waals surface area contributed by atoms with Crippen molar-refractivity contribution in [1.29, 1.82) is 0 Å².